The molecule has 0 radical (unpaired) electrons. The van der Waals surface area contributed by atoms with E-state index in [4.69, 9.17) is 15.0 Å². The second-order valence-corrected chi connectivity index (χ2v) is 13.6. The van der Waals surface area contributed by atoms with Crippen LogP contribution in [0.1, 0.15) is 0 Å². The third kappa shape index (κ3) is 4.91. The zero-order chi connectivity index (χ0) is 33.9. The van der Waals surface area contributed by atoms with E-state index in [0.29, 0.717) is 17.5 Å². The fraction of sp³-hybridized carbons (Fsp3) is 0. The van der Waals surface area contributed by atoms with Gasteiger partial charge in [-0.15, -0.1) is 11.3 Å². The molecule has 0 amide bonds. The van der Waals surface area contributed by atoms with Crippen LogP contribution in [0.15, 0.2) is 164 Å². The van der Waals surface area contributed by atoms with Crippen LogP contribution in [0.3, 0.4) is 0 Å². The first-order valence-corrected chi connectivity index (χ1v) is 17.6. The Morgan fingerprint density at radius 1 is 0.451 bits per heavy atom. The highest BCUT2D eigenvalue weighted by atomic mass is 32.1. The summed E-state index contributed by atoms with van der Waals surface area (Å²) in [5.41, 5.74) is 7.69. The molecular weight excluding hydrogens is 648 g/mol. The first-order chi connectivity index (χ1) is 25.2. The molecule has 0 aliphatic heterocycles. The van der Waals surface area contributed by atoms with Gasteiger partial charge in [-0.05, 0) is 54.1 Å². The van der Waals surface area contributed by atoms with E-state index in [1.54, 1.807) is 0 Å². The lowest BCUT2D eigenvalue weighted by Gasteiger charge is -2.16. The van der Waals surface area contributed by atoms with Gasteiger partial charge in [0.2, 0.25) is 0 Å². The molecule has 7 aromatic carbocycles. The summed E-state index contributed by atoms with van der Waals surface area (Å²) < 4.78 is 19.2. The maximum Gasteiger partial charge on any atom is 0.164 e. The summed E-state index contributed by atoms with van der Waals surface area (Å²) in [6, 6.07) is 54.7. The predicted molar refractivity (Wildman–Crippen MR) is 209 cm³/mol. The molecule has 0 saturated heterocycles. The van der Waals surface area contributed by atoms with E-state index in [1.165, 1.54) is 43.1 Å². The second-order valence-electron chi connectivity index (χ2n) is 12.6. The highest BCUT2D eigenvalue weighted by Gasteiger charge is 2.21. The molecule has 6 heteroatoms. The zero-order valence-corrected chi connectivity index (χ0v) is 28.0. The Hall–Kier alpha value is -6.50. The minimum atomic E-state index is -0.280. The summed E-state index contributed by atoms with van der Waals surface area (Å²) in [4.78, 5) is 14.9. The highest BCUT2D eigenvalue weighted by molar-refractivity contribution is 7.26. The average molecular weight is 675 g/mol. The molecule has 51 heavy (non-hydrogen) atoms. The number of para-hydroxylation sites is 1. The van der Waals surface area contributed by atoms with Crippen LogP contribution in [0.25, 0.3) is 93.0 Å². The van der Waals surface area contributed by atoms with Gasteiger partial charge in [-0.3, -0.25) is 0 Å². The number of thiophene rings is 1. The third-order valence-electron chi connectivity index (χ3n) is 9.53. The number of hydrogen-bond donors (Lipinski definition) is 0. The minimum absolute atomic E-state index is 0.280. The van der Waals surface area contributed by atoms with Crippen LogP contribution in [0.4, 0.5) is 4.39 Å². The van der Waals surface area contributed by atoms with Crippen molar-refractivity contribution in [2.24, 2.45) is 0 Å². The van der Waals surface area contributed by atoms with Gasteiger partial charge in [-0.25, -0.2) is 19.3 Å². The maximum atomic E-state index is 14.4. The van der Waals surface area contributed by atoms with Crippen molar-refractivity contribution in [2.75, 3.05) is 0 Å². The number of benzene rings is 7. The summed E-state index contributed by atoms with van der Waals surface area (Å²) in [7, 11) is 0. The quantitative estimate of drug-likeness (QED) is 0.182. The first kappa shape index (κ1) is 29.4. The summed E-state index contributed by atoms with van der Waals surface area (Å²) in [6.07, 6.45) is 0. The van der Waals surface area contributed by atoms with Gasteiger partial charge < -0.3 is 4.57 Å². The SMILES string of the molecule is Fc1ccc(-c2cc(-c3nc(-c4ccccc4)nc(-c4ccccc4)n3)ccc2-n2c3ccccc3c3c4sc5ccccc5c4ccc32)cc1. The Kier molecular flexibility index (Phi) is 6.82. The average Bonchev–Trinajstić information content (AvgIpc) is 3.74. The molecule has 10 rings (SSSR count). The van der Waals surface area contributed by atoms with Gasteiger partial charge in [0, 0.05) is 53.2 Å². The lowest BCUT2D eigenvalue weighted by molar-refractivity contribution is 0.628. The lowest BCUT2D eigenvalue weighted by Crippen LogP contribution is -2.02. The topological polar surface area (TPSA) is 43.6 Å². The number of aromatic nitrogens is 4. The van der Waals surface area contributed by atoms with Crippen molar-refractivity contribution >= 4 is 53.3 Å². The van der Waals surface area contributed by atoms with E-state index in [9.17, 15) is 4.39 Å². The van der Waals surface area contributed by atoms with E-state index < -0.39 is 0 Å². The van der Waals surface area contributed by atoms with Crippen molar-refractivity contribution in [1.29, 1.82) is 0 Å². The number of halogens is 1. The largest absolute Gasteiger partial charge is 0.309 e. The molecule has 0 bridgehead atoms. The molecule has 0 saturated carbocycles. The van der Waals surface area contributed by atoms with Crippen LogP contribution in [0, 0.1) is 5.82 Å². The van der Waals surface area contributed by atoms with Crippen LogP contribution in [-0.4, -0.2) is 19.5 Å². The highest BCUT2D eigenvalue weighted by Crippen LogP contribution is 2.44. The number of hydrogen-bond acceptors (Lipinski definition) is 4. The van der Waals surface area contributed by atoms with Gasteiger partial charge in [0.05, 0.1) is 16.7 Å². The molecule has 0 atom stereocenters. The Balaban J connectivity index is 1.24. The van der Waals surface area contributed by atoms with Crippen molar-refractivity contribution in [3.8, 4) is 51.0 Å². The van der Waals surface area contributed by atoms with Gasteiger partial charge in [0.15, 0.2) is 17.5 Å². The third-order valence-corrected chi connectivity index (χ3v) is 10.7. The van der Waals surface area contributed by atoms with E-state index in [2.05, 4.69) is 83.4 Å². The number of nitrogens with zero attached hydrogens (tertiary/aromatic N) is 4. The fourth-order valence-electron chi connectivity index (χ4n) is 7.16. The Morgan fingerprint density at radius 2 is 1.04 bits per heavy atom. The lowest BCUT2D eigenvalue weighted by atomic mass is 9.99. The second kappa shape index (κ2) is 11.8. The molecular formula is C45H27FN4S. The molecule has 0 fully saturated rings. The summed E-state index contributed by atoms with van der Waals surface area (Å²) in [5, 5.41) is 4.96. The Morgan fingerprint density at radius 3 is 1.75 bits per heavy atom. The Labute approximate surface area is 296 Å². The minimum Gasteiger partial charge on any atom is -0.309 e. The van der Waals surface area contributed by atoms with Crippen LogP contribution in [0.5, 0.6) is 0 Å². The first-order valence-electron chi connectivity index (χ1n) is 16.8. The zero-order valence-electron chi connectivity index (χ0n) is 27.2. The molecule has 240 valence electrons. The maximum absolute atomic E-state index is 14.4. The van der Waals surface area contributed by atoms with Gasteiger partial charge in [-0.1, -0.05) is 115 Å². The molecule has 4 nitrogen and oxygen atoms in total. The van der Waals surface area contributed by atoms with Crippen molar-refractivity contribution in [3.05, 3.63) is 170 Å². The van der Waals surface area contributed by atoms with Crippen molar-refractivity contribution in [2.45, 2.75) is 0 Å². The predicted octanol–water partition coefficient (Wildman–Crippen LogP) is 12.1. The van der Waals surface area contributed by atoms with Crippen LogP contribution in [0.2, 0.25) is 0 Å². The molecule has 10 aromatic rings. The van der Waals surface area contributed by atoms with E-state index in [-0.39, 0.29) is 5.82 Å². The molecule has 0 unspecified atom stereocenters. The Bertz CT molecular complexity index is 2860. The van der Waals surface area contributed by atoms with E-state index in [1.807, 2.05) is 84.1 Å². The standard InChI is InChI=1S/C45H27FN4S/c46-32-22-19-28(20-23-32)36-27-31(45-48-43(29-11-3-1-4-12-29)47-44(49-45)30-13-5-2-6-14-30)21-25-38(36)50-37-17-9-7-16-35(37)41-39(50)26-24-34-33-15-8-10-18-40(33)51-42(34)41/h1-27H. The summed E-state index contributed by atoms with van der Waals surface area (Å²) >= 11 is 1.84. The molecule has 0 aliphatic rings. The van der Waals surface area contributed by atoms with Gasteiger partial charge in [0.1, 0.15) is 5.82 Å². The van der Waals surface area contributed by atoms with Crippen molar-refractivity contribution < 1.29 is 4.39 Å². The fourth-order valence-corrected chi connectivity index (χ4v) is 8.42. The van der Waals surface area contributed by atoms with E-state index >= 15 is 0 Å². The van der Waals surface area contributed by atoms with Crippen LogP contribution in [-0.2, 0) is 0 Å². The van der Waals surface area contributed by atoms with Crippen LogP contribution < -0.4 is 0 Å². The number of fused-ring (bicyclic) bond motifs is 7. The molecule has 0 N–H and O–H groups in total. The smallest absolute Gasteiger partial charge is 0.164 e. The normalized spacial score (nSPS) is 11.6. The van der Waals surface area contributed by atoms with E-state index in [0.717, 1.165) is 44.5 Å². The molecule has 0 aliphatic carbocycles. The summed E-state index contributed by atoms with van der Waals surface area (Å²) in [5.74, 6) is 1.48. The molecule has 3 heterocycles. The monoisotopic (exact) mass is 674 g/mol. The van der Waals surface area contributed by atoms with Gasteiger partial charge in [0.25, 0.3) is 0 Å². The number of rotatable bonds is 5. The molecule has 0 spiro atoms. The van der Waals surface area contributed by atoms with Crippen molar-refractivity contribution in [3.63, 3.8) is 0 Å². The van der Waals surface area contributed by atoms with Crippen LogP contribution >= 0.6 is 11.3 Å². The molecule has 3 aromatic heterocycles. The van der Waals surface area contributed by atoms with Gasteiger partial charge >= 0.3 is 0 Å². The van der Waals surface area contributed by atoms with Crippen molar-refractivity contribution in [1.82, 2.24) is 19.5 Å². The van der Waals surface area contributed by atoms with Gasteiger partial charge in [-0.2, -0.15) is 0 Å². The summed E-state index contributed by atoms with van der Waals surface area (Å²) in [6.45, 7) is 0.